The van der Waals surface area contributed by atoms with Crippen LogP contribution in [0.2, 0.25) is 10.0 Å². The Labute approximate surface area is 151 Å². The highest BCUT2D eigenvalue weighted by Gasteiger charge is 2.10. The van der Waals surface area contributed by atoms with Gasteiger partial charge in [0.15, 0.2) is 0 Å². The SMILES string of the molecule is Cc1cc(C)c2nc(SCc3c(Cl)cccc3Cl)cc(C)c2c1. The van der Waals surface area contributed by atoms with E-state index in [0.29, 0.717) is 15.8 Å². The van der Waals surface area contributed by atoms with Gasteiger partial charge < -0.3 is 0 Å². The van der Waals surface area contributed by atoms with Gasteiger partial charge in [-0.15, -0.1) is 11.8 Å². The number of nitrogens with zero attached hydrogens (tertiary/aromatic N) is 1. The van der Waals surface area contributed by atoms with Crippen LogP contribution in [0.25, 0.3) is 10.9 Å². The van der Waals surface area contributed by atoms with E-state index in [1.54, 1.807) is 11.8 Å². The highest BCUT2D eigenvalue weighted by Crippen LogP contribution is 2.33. The first-order valence-electron chi connectivity index (χ1n) is 7.40. The summed E-state index contributed by atoms with van der Waals surface area (Å²) in [7, 11) is 0. The molecule has 0 unspecified atom stereocenters. The van der Waals surface area contributed by atoms with Gasteiger partial charge in [-0.05, 0) is 61.7 Å². The molecule has 0 aliphatic heterocycles. The summed E-state index contributed by atoms with van der Waals surface area (Å²) in [4.78, 5) is 4.83. The first-order chi connectivity index (χ1) is 11.0. The van der Waals surface area contributed by atoms with Gasteiger partial charge >= 0.3 is 0 Å². The first-order valence-corrected chi connectivity index (χ1v) is 9.14. The Balaban J connectivity index is 1.95. The van der Waals surface area contributed by atoms with Gasteiger partial charge in [-0.2, -0.15) is 0 Å². The number of thioether (sulfide) groups is 1. The lowest BCUT2D eigenvalue weighted by molar-refractivity contribution is 1.15. The average molecular weight is 362 g/mol. The molecule has 3 aromatic rings. The van der Waals surface area contributed by atoms with E-state index in [0.717, 1.165) is 16.1 Å². The third kappa shape index (κ3) is 3.50. The molecule has 0 N–H and O–H groups in total. The number of rotatable bonds is 3. The van der Waals surface area contributed by atoms with Crippen LogP contribution in [0.5, 0.6) is 0 Å². The van der Waals surface area contributed by atoms with E-state index in [1.807, 2.05) is 18.2 Å². The van der Waals surface area contributed by atoms with Crippen molar-refractivity contribution in [1.82, 2.24) is 4.98 Å². The monoisotopic (exact) mass is 361 g/mol. The Morgan fingerprint density at radius 1 is 0.957 bits per heavy atom. The van der Waals surface area contributed by atoms with E-state index < -0.39 is 0 Å². The second-order valence-electron chi connectivity index (χ2n) is 5.74. The lowest BCUT2D eigenvalue weighted by Gasteiger charge is -2.10. The molecule has 0 spiro atoms. The molecule has 0 atom stereocenters. The summed E-state index contributed by atoms with van der Waals surface area (Å²) in [6, 6.07) is 12.1. The van der Waals surface area contributed by atoms with Crippen LogP contribution in [0.15, 0.2) is 41.4 Å². The lowest BCUT2D eigenvalue weighted by atomic mass is 10.0. The summed E-state index contributed by atoms with van der Waals surface area (Å²) in [5, 5.41) is 3.63. The first kappa shape index (κ1) is 16.6. The Morgan fingerprint density at radius 2 is 1.65 bits per heavy atom. The Morgan fingerprint density at radius 3 is 2.35 bits per heavy atom. The molecule has 23 heavy (non-hydrogen) atoms. The van der Waals surface area contributed by atoms with Crippen LogP contribution in [0.1, 0.15) is 22.3 Å². The largest absolute Gasteiger partial charge is 0.241 e. The Bertz CT molecular complexity index is 870. The molecule has 0 amide bonds. The molecule has 2 aromatic carbocycles. The fraction of sp³-hybridized carbons (Fsp3) is 0.211. The molecule has 1 heterocycles. The maximum atomic E-state index is 6.25. The van der Waals surface area contributed by atoms with E-state index >= 15 is 0 Å². The van der Waals surface area contributed by atoms with Gasteiger partial charge in [-0.1, -0.05) is 40.9 Å². The molecular formula is C19H17Cl2NS. The Hall–Kier alpha value is -1.22. The van der Waals surface area contributed by atoms with Crippen molar-refractivity contribution >= 4 is 45.9 Å². The van der Waals surface area contributed by atoms with Crippen molar-refractivity contribution < 1.29 is 0 Å². The van der Waals surface area contributed by atoms with Crippen LogP contribution >= 0.6 is 35.0 Å². The molecule has 0 bridgehead atoms. The summed E-state index contributed by atoms with van der Waals surface area (Å²) in [5.74, 6) is 0.710. The molecule has 0 aliphatic rings. The van der Waals surface area contributed by atoms with Crippen molar-refractivity contribution in [1.29, 1.82) is 0 Å². The number of pyridine rings is 1. The van der Waals surface area contributed by atoms with Gasteiger partial charge in [0, 0.05) is 21.2 Å². The van der Waals surface area contributed by atoms with E-state index in [9.17, 15) is 0 Å². The molecule has 118 valence electrons. The quantitative estimate of drug-likeness (QED) is 0.478. The van der Waals surface area contributed by atoms with Crippen molar-refractivity contribution in [2.75, 3.05) is 0 Å². The predicted octanol–water partition coefficient (Wildman–Crippen LogP) is 6.76. The topological polar surface area (TPSA) is 12.9 Å². The molecule has 0 aliphatic carbocycles. The summed E-state index contributed by atoms with van der Waals surface area (Å²) < 4.78 is 0. The number of aromatic nitrogens is 1. The van der Waals surface area contributed by atoms with Crippen LogP contribution in [0.4, 0.5) is 0 Å². The molecule has 1 aromatic heterocycles. The maximum Gasteiger partial charge on any atom is 0.0973 e. The summed E-state index contributed by atoms with van der Waals surface area (Å²) >= 11 is 14.2. The molecular weight excluding hydrogens is 345 g/mol. The highest BCUT2D eigenvalue weighted by molar-refractivity contribution is 7.98. The van der Waals surface area contributed by atoms with E-state index in [2.05, 4.69) is 39.0 Å². The fourth-order valence-corrected chi connectivity index (χ4v) is 4.41. The van der Waals surface area contributed by atoms with Crippen LogP contribution in [0, 0.1) is 20.8 Å². The summed E-state index contributed by atoms with van der Waals surface area (Å²) in [6.07, 6.45) is 0. The zero-order chi connectivity index (χ0) is 16.6. The summed E-state index contributed by atoms with van der Waals surface area (Å²) in [5.41, 5.74) is 5.75. The smallest absolute Gasteiger partial charge is 0.0973 e. The van der Waals surface area contributed by atoms with Crippen LogP contribution in [-0.2, 0) is 5.75 Å². The molecule has 0 saturated carbocycles. The van der Waals surface area contributed by atoms with Crippen molar-refractivity contribution in [2.24, 2.45) is 0 Å². The van der Waals surface area contributed by atoms with Gasteiger partial charge in [0.25, 0.3) is 0 Å². The molecule has 0 radical (unpaired) electrons. The van der Waals surface area contributed by atoms with Crippen molar-refractivity contribution in [3.8, 4) is 0 Å². The number of fused-ring (bicyclic) bond motifs is 1. The number of aryl methyl sites for hydroxylation is 3. The predicted molar refractivity (Wildman–Crippen MR) is 102 cm³/mol. The van der Waals surface area contributed by atoms with Crippen molar-refractivity contribution in [3.05, 3.63) is 68.7 Å². The fourth-order valence-electron chi connectivity index (χ4n) is 2.70. The minimum absolute atomic E-state index is 0.703. The molecule has 1 nitrogen and oxygen atoms in total. The standard InChI is InChI=1S/C19H17Cl2NS/c1-11-7-13(3)19-14(8-11)12(2)9-18(22-19)23-10-15-16(20)5-4-6-17(15)21/h4-9H,10H2,1-3H3. The molecule has 0 fully saturated rings. The van der Waals surface area contributed by atoms with Crippen LogP contribution in [-0.4, -0.2) is 4.98 Å². The number of halogens is 2. The molecule has 3 rings (SSSR count). The minimum atomic E-state index is 0.703. The van der Waals surface area contributed by atoms with E-state index in [-0.39, 0.29) is 0 Å². The van der Waals surface area contributed by atoms with E-state index in [4.69, 9.17) is 28.2 Å². The minimum Gasteiger partial charge on any atom is -0.241 e. The summed E-state index contributed by atoms with van der Waals surface area (Å²) in [6.45, 7) is 6.37. The Kier molecular flexibility index (Phi) is 4.86. The van der Waals surface area contributed by atoms with Gasteiger partial charge in [-0.25, -0.2) is 4.98 Å². The number of hydrogen-bond acceptors (Lipinski definition) is 2. The van der Waals surface area contributed by atoms with Crippen molar-refractivity contribution in [2.45, 2.75) is 31.6 Å². The number of hydrogen-bond donors (Lipinski definition) is 0. The van der Waals surface area contributed by atoms with Gasteiger partial charge in [0.1, 0.15) is 0 Å². The van der Waals surface area contributed by atoms with E-state index in [1.165, 1.54) is 22.1 Å². The molecule has 4 heteroatoms. The zero-order valence-electron chi connectivity index (χ0n) is 13.3. The normalized spacial score (nSPS) is 11.2. The van der Waals surface area contributed by atoms with Crippen molar-refractivity contribution in [3.63, 3.8) is 0 Å². The second-order valence-corrected chi connectivity index (χ2v) is 7.55. The van der Waals surface area contributed by atoms with Crippen LogP contribution in [0.3, 0.4) is 0 Å². The van der Waals surface area contributed by atoms with Gasteiger partial charge in [0.05, 0.1) is 10.5 Å². The molecule has 0 saturated heterocycles. The van der Waals surface area contributed by atoms with Gasteiger partial charge in [0.2, 0.25) is 0 Å². The van der Waals surface area contributed by atoms with Crippen LogP contribution < -0.4 is 0 Å². The third-order valence-electron chi connectivity index (χ3n) is 3.86. The number of benzene rings is 2. The average Bonchev–Trinajstić information content (AvgIpc) is 2.48. The second kappa shape index (κ2) is 6.72. The third-order valence-corrected chi connectivity index (χ3v) is 5.50. The maximum absolute atomic E-state index is 6.25. The zero-order valence-corrected chi connectivity index (χ0v) is 15.6. The van der Waals surface area contributed by atoms with Gasteiger partial charge in [-0.3, -0.25) is 0 Å². The lowest BCUT2D eigenvalue weighted by Crippen LogP contribution is -1.92. The highest BCUT2D eigenvalue weighted by atomic mass is 35.5.